The van der Waals surface area contributed by atoms with E-state index in [2.05, 4.69) is 57.6 Å². The molecule has 0 spiro atoms. The van der Waals surface area contributed by atoms with E-state index in [9.17, 15) is 4.79 Å². The Labute approximate surface area is 181 Å². The number of rotatable bonds is 5. The number of amides is 1. The third-order valence-electron chi connectivity index (χ3n) is 6.23. The Bertz CT molecular complexity index is 992. The van der Waals surface area contributed by atoms with E-state index in [1.165, 1.54) is 20.8 Å². The molecule has 2 aliphatic rings. The number of hydrogen-bond acceptors (Lipinski definition) is 5. The highest BCUT2D eigenvalue weighted by atomic mass is 32.1. The fourth-order valence-electron chi connectivity index (χ4n) is 4.63. The molecule has 1 aliphatic heterocycles. The van der Waals surface area contributed by atoms with E-state index in [0.29, 0.717) is 6.54 Å². The van der Waals surface area contributed by atoms with Gasteiger partial charge in [0, 0.05) is 26.2 Å². The van der Waals surface area contributed by atoms with E-state index < -0.39 is 0 Å². The van der Waals surface area contributed by atoms with Gasteiger partial charge in [-0.05, 0) is 42.5 Å². The highest BCUT2D eigenvalue weighted by Gasteiger charge is 2.24. The Morgan fingerprint density at radius 2 is 1.80 bits per heavy atom. The molecule has 0 saturated carbocycles. The predicted octanol–water partition coefficient (Wildman–Crippen LogP) is 3.61. The highest BCUT2D eigenvalue weighted by molar-refractivity contribution is 7.18. The number of benzene rings is 2. The number of carbonyl (C=O) groups excluding carboxylic acids is 1. The maximum Gasteiger partial charge on any atom is 0.234 e. The standard InChI is InChI=1S/C24H28N4OS/c29-23(25-20-10-5-7-18-6-1-2-8-19(18)20)16-27-12-14-28(15-13-27)17-24-26-21-9-3-4-11-22(21)30-24/h1-4,6,8-9,11,20H,5,7,10,12-17H2,(H,25,29)/t20-/m0/s1. The van der Waals surface area contributed by atoms with Crippen LogP contribution in [0.2, 0.25) is 0 Å². The second kappa shape index (κ2) is 8.84. The molecule has 30 heavy (non-hydrogen) atoms. The fourth-order valence-corrected chi connectivity index (χ4v) is 5.64. The average molecular weight is 421 g/mol. The van der Waals surface area contributed by atoms with Crippen LogP contribution in [0.15, 0.2) is 48.5 Å². The van der Waals surface area contributed by atoms with Crippen LogP contribution in [0.5, 0.6) is 0 Å². The molecule has 6 heteroatoms. The van der Waals surface area contributed by atoms with Gasteiger partial charge in [0.25, 0.3) is 0 Å². The molecule has 1 saturated heterocycles. The number of piperazine rings is 1. The van der Waals surface area contributed by atoms with Crippen molar-refractivity contribution in [3.8, 4) is 0 Å². The van der Waals surface area contributed by atoms with Crippen LogP contribution in [0.1, 0.15) is 35.0 Å². The average Bonchev–Trinajstić information content (AvgIpc) is 3.18. The van der Waals surface area contributed by atoms with Gasteiger partial charge < -0.3 is 5.32 Å². The zero-order chi connectivity index (χ0) is 20.3. The molecule has 0 bridgehead atoms. The van der Waals surface area contributed by atoms with Crippen LogP contribution in [0.25, 0.3) is 10.2 Å². The number of para-hydroxylation sites is 1. The van der Waals surface area contributed by atoms with Crippen molar-refractivity contribution >= 4 is 27.5 Å². The van der Waals surface area contributed by atoms with Gasteiger partial charge in [-0.2, -0.15) is 0 Å². The van der Waals surface area contributed by atoms with Gasteiger partial charge in [-0.15, -0.1) is 11.3 Å². The van der Waals surface area contributed by atoms with Crippen molar-refractivity contribution in [2.45, 2.75) is 31.8 Å². The van der Waals surface area contributed by atoms with Crippen LogP contribution < -0.4 is 5.32 Å². The van der Waals surface area contributed by atoms with Crippen LogP contribution in [0.3, 0.4) is 0 Å². The highest BCUT2D eigenvalue weighted by Crippen LogP contribution is 2.29. The topological polar surface area (TPSA) is 48.5 Å². The lowest BCUT2D eigenvalue weighted by molar-refractivity contribution is -0.123. The van der Waals surface area contributed by atoms with Crippen molar-refractivity contribution in [3.63, 3.8) is 0 Å². The summed E-state index contributed by atoms with van der Waals surface area (Å²) in [5.74, 6) is 0.149. The van der Waals surface area contributed by atoms with Gasteiger partial charge in [-0.1, -0.05) is 36.4 Å². The van der Waals surface area contributed by atoms with Gasteiger partial charge in [0.1, 0.15) is 5.01 Å². The quantitative estimate of drug-likeness (QED) is 0.685. The third kappa shape index (κ3) is 4.41. The Kier molecular flexibility index (Phi) is 5.79. The van der Waals surface area contributed by atoms with Crippen LogP contribution in [0, 0.1) is 0 Å². The van der Waals surface area contributed by atoms with Crippen molar-refractivity contribution in [1.29, 1.82) is 0 Å². The van der Waals surface area contributed by atoms with Gasteiger partial charge in [-0.25, -0.2) is 4.98 Å². The molecule has 1 amide bonds. The number of fused-ring (bicyclic) bond motifs is 2. The van der Waals surface area contributed by atoms with Crippen molar-refractivity contribution in [2.24, 2.45) is 0 Å². The molecule has 0 unspecified atom stereocenters. The maximum atomic E-state index is 12.7. The summed E-state index contributed by atoms with van der Waals surface area (Å²) in [7, 11) is 0. The number of thiazole rings is 1. The van der Waals surface area contributed by atoms with Gasteiger partial charge in [0.05, 0.1) is 29.3 Å². The van der Waals surface area contributed by atoms with Crippen LogP contribution in [-0.4, -0.2) is 53.4 Å². The van der Waals surface area contributed by atoms with E-state index in [0.717, 1.165) is 57.5 Å². The number of nitrogens with one attached hydrogen (secondary N) is 1. The lowest BCUT2D eigenvalue weighted by atomic mass is 9.88. The second-order valence-corrected chi connectivity index (χ2v) is 9.45. The first kappa shape index (κ1) is 19.7. The van der Waals surface area contributed by atoms with Crippen molar-refractivity contribution in [1.82, 2.24) is 20.1 Å². The van der Waals surface area contributed by atoms with Gasteiger partial charge in [0.2, 0.25) is 5.91 Å². The molecule has 2 aromatic carbocycles. The minimum atomic E-state index is 0.149. The van der Waals surface area contributed by atoms with E-state index in [1.54, 1.807) is 11.3 Å². The van der Waals surface area contributed by atoms with E-state index >= 15 is 0 Å². The second-order valence-electron chi connectivity index (χ2n) is 8.34. The Balaban J connectivity index is 1.11. The molecule has 5 nitrogen and oxygen atoms in total. The summed E-state index contributed by atoms with van der Waals surface area (Å²) in [6.45, 7) is 5.22. The number of aryl methyl sites for hydroxylation is 1. The molecule has 156 valence electrons. The monoisotopic (exact) mass is 420 g/mol. The van der Waals surface area contributed by atoms with E-state index in [4.69, 9.17) is 4.98 Å². The molecule has 1 aliphatic carbocycles. The van der Waals surface area contributed by atoms with Crippen LogP contribution in [0.4, 0.5) is 0 Å². The normalized spacial score (nSPS) is 20.2. The third-order valence-corrected chi connectivity index (χ3v) is 7.25. The summed E-state index contributed by atoms with van der Waals surface area (Å²) in [6.07, 6.45) is 3.31. The number of nitrogens with zero attached hydrogens (tertiary/aromatic N) is 3. The molecule has 1 atom stereocenters. The Morgan fingerprint density at radius 1 is 1.03 bits per heavy atom. The van der Waals surface area contributed by atoms with Gasteiger partial charge in [0.15, 0.2) is 0 Å². The summed E-state index contributed by atoms with van der Waals surface area (Å²) in [5, 5.41) is 4.46. The maximum absolute atomic E-state index is 12.7. The molecule has 5 rings (SSSR count). The minimum absolute atomic E-state index is 0.149. The molecule has 1 N–H and O–H groups in total. The molecule has 1 fully saturated rings. The van der Waals surface area contributed by atoms with Crippen molar-refractivity contribution in [2.75, 3.05) is 32.7 Å². The fraction of sp³-hybridized carbons (Fsp3) is 0.417. The first-order valence-corrected chi connectivity index (χ1v) is 11.7. The summed E-state index contributed by atoms with van der Waals surface area (Å²) < 4.78 is 1.26. The number of aromatic nitrogens is 1. The summed E-state index contributed by atoms with van der Waals surface area (Å²) in [4.78, 5) is 22.2. The predicted molar refractivity (Wildman–Crippen MR) is 122 cm³/mol. The number of carbonyl (C=O) groups is 1. The zero-order valence-electron chi connectivity index (χ0n) is 17.2. The lowest BCUT2D eigenvalue weighted by Crippen LogP contribution is -2.49. The van der Waals surface area contributed by atoms with E-state index in [-0.39, 0.29) is 11.9 Å². The summed E-state index contributed by atoms with van der Waals surface area (Å²) in [6, 6.07) is 17.0. The molecule has 0 radical (unpaired) electrons. The first-order chi connectivity index (χ1) is 14.7. The lowest BCUT2D eigenvalue weighted by Gasteiger charge is -2.34. The molecule has 2 heterocycles. The number of hydrogen-bond donors (Lipinski definition) is 1. The van der Waals surface area contributed by atoms with Crippen LogP contribution in [-0.2, 0) is 17.8 Å². The summed E-state index contributed by atoms with van der Waals surface area (Å²) >= 11 is 1.79. The van der Waals surface area contributed by atoms with Gasteiger partial charge >= 0.3 is 0 Å². The smallest absolute Gasteiger partial charge is 0.234 e. The minimum Gasteiger partial charge on any atom is -0.348 e. The first-order valence-electron chi connectivity index (χ1n) is 10.9. The summed E-state index contributed by atoms with van der Waals surface area (Å²) in [5.41, 5.74) is 3.78. The molecular formula is C24H28N4OS. The Hall–Kier alpha value is -2.28. The molecule has 3 aromatic rings. The van der Waals surface area contributed by atoms with E-state index in [1.807, 2.05) is 6.07 Å². The van der Waals surface area contributed by atoms with Crippen molar-refractivity contribution < 1.29 is 4.79 Å². The van der Waals surface area contributed by atoms with Crippen LogP contribution >= 0.6 is 11.3 Å². The zero-order valence-corrected chi connectivity index (χ0v) is 18.0. The Morgan fingerprint density at radius 3 is 2.67 bits per heavy atom. The largest absolute Gasteiger partial charge is 0.348 e. The molecule has 1 aromatic heterocycles. The molecular weight excluding hydrogens is 392 g/mol. The SMILES string of the molecule is O=C(CN1CCN(Cc2nc3ccccc3s2)CC1)N[C@H]1CCCc2ccccc21. The van der Waals surface area contributed by atoms with Gasteiger partial charge in [-0.3, -0.25) is 14.6 Å². The van der Waals surface area contributed by atoms with Crippen molar-refractivity contribution in [3.05, 3.63) is 64.7 Å².